The number of hydrogen-bond donors (Lipinski definition) is 1. The molecule has 1 N–H and O–H groups in total. The largest absolute Gasteiger partial charge is 0.374 e. The monoisotopic (exact) mass is 299 g/mol. The van der Waals surface area contributed by atoms with Gasteiger partial charge in [-0.25, -0.2) is 4.79 Å². The van der Waals surface area contributed by atoms with Crippen molar-refractivity contribution in [2.45, 2.75) is 26.0 Å². The molecule has 114 valence electrons. The van der Waals surface area contributed by atoms with E-state index in [0.717, 1.165) is 5.56 Å². The average Bonchev–Trinajstić information content (AvgIpc) is 2.53. The first-order valence-electron chi connectivity index (χ1n) is 7.02. The quantitative estimate of drug-likeness (QED) is 0.820. The lowest BCUT2D eigenvalue weighted by Crippen LogP contribution is -2.31. The Kier molecular flexibility index (Phi) is 5.28. The second kappa shape index (κ2) is 7.38. The average molecular weight is 299 g/mol. The van der Waals surface area contributed by atoms with E-state index in [0.29, 0.717) is 19.6 Å². The summed E-state index contributed by atoms with van der Waals surface area (Å²) in [7, 11) is 0. The zero-order chi connectivity index (χ0) is 15.9. The molecule has 6 heteroatoms. The molecule has 1 aromatic carbocycles. The number of aromatic amines is 1. The molecule has 0 saturated carbocycles. The van der Waals surface area contributed by atoms with Crippen LogP contribution in [0.4, 0.5) is 0 Å². The van der Waals surface area contributed by atoms with E-state index in [1.807, 2.05) is 37.3 Å². The minimum Gasteiger partial charge on any atom is -0.374 e. The van der Waals surface area contributed by atoms with Crippen molar-refractivity contribution in [1.29, 1.82) is 5.26 Å². The molecule has 6 nitrogen and oxygen atoms in total. The highest BCUT2D eigenvalue weighted by Crippen LogP contribution is 2.15. The van der Waals surface area contributed by atoms with Gasteiger partial charge < -0.3 is 4.74 Å². The number of H-pyrrole nitrogens is 1. The Morgan fingerprint density at radius 2 is 2.05 bits per heavy atom. The highest BCUT2D eigenvalue weighted by Gasteiger charge is 2.06. The molecule has 0 aliphatic rings. The fraction of sp³-hybridized carbons (Fsp3) is 0.312. The van der Waals surface area contributed by atoms with Crippen LogP contribution in [0.25, 0.3) is 0 Å². The SMILES string of the molecule is CC(OCCCn1cc(C#N)c(=O)[nH]c1=O)c1ccccc1. The molecule has 0 amide bonds. The number of aryl methyl sites for hydroxylation is 1. The van der Waals surface area contributed by atoms with Gasteiger partial charge in [0.15, 0.2) is 0 Å². The standard InChI is InChI=1S/C16H17N3O3/c1-12(13-6-3-2-4-7-13)22-9-5-8-19-11-14(10-17)15(20)18-16(19)21/h2-4,6-7,11-12H,5,8-9H2,1H3,(H,18,20,21). The van der Waals surface area contributed by atoms with Crippen LogP contribution in [0.3, 0.4) is 0 Å². The molecule has 0 aliphatic heterocycles. The van der Waals surface area contributed by atoms with Crippen LogP contribution in [0.15, 0.2) is 46.1 Å². The smallest absolute Gasteiger partial charge is 0.328 e. The minimum atomic E-state index is -0.655. The molecule has 0 saturated heterocycles. The van der Waals surface area contributed by atoms with Crippen molar-refractivity contribution in [2.75, 3.05) is 6.61 Å². The van der Waals surface area contributed by atoms with E-state index >= 15 is 0 Å². The summed E-state index contributed by atoms with van der Waals surface area (Å²) in [5.41, 5.74) is -0.147. The topological polar surface area (TPSA) is 87.9 Å². The molecule has 1 aromatic heterocycles. The summed E-state index contributed by atoms with van der Waals surface area (Å²) in [5, 5.41) is 8.79. The number of nitrogens with one attached hydrogen (secondary N) is 1. The Labute approximate surface area is 127 Å². The maximum atomic E-state index is 11.6. The lowest BCUT2D eigenvalue weighted by Gasteiger charge is -2.13. The third-order valence-corrected chi connectivity index (χ3v) is 3.31. The third-order valence-electron chi connectivity index (χ3n) is 3.31. The normalized spacial score (nSPS) is 11.8. The van der Waals surface area contributed by atoms with Crippen LogP contribution in [0, 0.1) is 11.3 Å². The molecule has 1 heterocycles. The predicted octanol–water partition coefficient (Wildman–Crippen LogP) is 1.58. The van der Waals surface area contributed by atoms with Gasteiger partial charge in [0.2, 0.25) is 0 Å². The molecule has 0 fully saturated rings. The number of nitrogens with zero attached hydrogens (tertiary/aromatic N) is 2. The fourth-order valence-electron chi connectivity index (χ4n) is 2.07. The minimum absolute atomic E-state index is 0.0248. The Morgan fingerprint density at radius 1 is 1.32 bits per heavy atom. The van der Waals surface area contributed by atoms with Crippen LogP contribution < -0.4 is 11.2 Å². The lowest BCUT2D eigenvalue weighted by molar-refractivity contribution is 0.0618. The summed E-state index contributed by atoms with van der Waals surface area (Å²) in [6, 6.07) is 11.6. The Balaban J connectivity index is 1.88. The molecule has 22 heavy (non-hydrogen) atoms. The Hall–Kier alpha value is -2.65. The van der Waals surface area contributed by atoms with Crippen molar-refractivity contribution in [2.24, 2.45) is 0 Å². The van der Waals surface area contributed by atoms with Gasteiger partial charge in [0.1, 0.15) is 11.6 Å². The van der Waals surface area contributed by atoms with E-state index in [4.69, 9.17) is 10.00 Å². The molecule has 2 rings (SSSR count). The summed E-state index contributed by atoms with van der Waals surface area (Å²) in [4.78, 5) is 25.0. The summed E-state index contributed by atoms with van der Waals surface area (Å²) >= 11 is 0. The molecule has 1 atom stereocenters. The van der Waals surface area contributed by atoms with E-state index in [2.05, 4.69) is 4.98 Å². The summed E-state index contributed by atoms with van der Waals surface area (Å²) in [6.07, 6.45) is 1.86. The highest BCUT2D eigenvalue weighted by molar-refractivity contribution is 5.21. The maximum Gasteiger partial charge on any atom is 0.328 e. The van der Waals surface area contributed by atoms with Crippen molar-refractivity contribution in [3.63, 3.8) is 0 Å². The first kappa shape index (κ1) is 15.7. The summed E-state index contributed by atoms with van der Waals surface area (Å²) < 4.78 is 7.03. The zero-order valence-corrected chi connectivity index (χ0v) is 12.3. The van der Waals surface area contributed by atoms with Crippen molar-refractivity contribution >= 4 is 0 Å². The van der Waals surface area contributed by atoms with Crippen LogP contribution in [0.5, 0.6) is 0 Å². The van der Waals surface area contributed by atoms with Crippen LogP contribution in [0.1, 0.15) is 30.6 Å². The van der Waals surface area contributed by atoms with Gasteiger partial charge in [0, 0.05) is 19.3 Å². The number of rotatable bonds is 6. The molecule has 1 unspecified atom stereocenters. The van der Waals surface area contributed by atoms with Crippen molar-refractivity contribution in [3.8, 4) is 6.07 Å². The van der Waals surface area contributed by atoms with E-state index in [1.54, 1.807) is 6.07 Å². The predicted molar refractivity (Wildman–Crippen MR) is 81.5 cm³/mol. The Morgan fingerprint density at radius 3 is 2.73 bits per heavy atom. The van der Waals surface area contributed by atoms with Gasteiger partial charge in [-0.3, -0.25) is 14.3 Å². The van der Waals surface area contributed by atoms with Crippen LogP contribution >= 0.6 is 0 Å². The fourth-order valence-corrected chi connectivity index (χ4v) is 2.07. The third kappa shape index (κ3) is 3.93. The van der Waals surface area contributed by atoms with Gasteiger partial charge in [0.05, 0.1) is 6.10 Å². The second-order valence-electron chi connectivity index (χ2n) is 4.88. The van der Waals surface area contributed by atoms with Crippen LogP contribution in [0.2, 0.25) is 0 Å². The summed E-state index contributed by atoms with van der Waals surface area (Å²) in [5.74, 6) is 0. The van der Waals surface area contributed by atoms with Gasteiger partial charge in [-0.05, 0) is 18.9 Å². The second-order valence-corrected chi connectivity index (χ2v) is 4.88. The van der Waals surface area contributed by atoms with E-state index < -0.39 is 11.2 Å². The molecule has 0 aliphatic carbocycles. The maximum absolute atomic E-state index is 11.6. The molecule has 2 aromatic rings. The lowest BCUT2D eigenvalue weighted by atomic mass is 10.1. The number of ether oxygens (including phenoxy) is 1. The molecule has 0 spiro atoms. The van der Waals surface area contributed by atoms with Gasteiger partial charge >= 0.3 is 5.69 Å². The Bertz CT molecular complexity index is 772. The van der Waals surface area contributed by atoms with Gasteiger partial charge in [-0.1, -0.05) is 30.3 Å². The number of nitriles is 1. The van der Waals surface area contributed by atoms with Gasteiger partial charge in [-0.15, -0.1) is 0 Å². The van der Waals surface area contributed by atoms with Crippen molar-refractivity contribution in [3.05, 3.63) is 68.5 Å². The van der Waals surface area contributed by atoms with E-state index in [9.17, 15) is 9.59 Å². The van der Waals surface area contributed by atoms with Crippen molar-refractivity contribution < 1.29 is 4.74 Å². The van der Waals surface area contributed by atoms with E-state index in [1.165, 1.54) is 10.8 Å². The number of benzene rings is 1. The highest BCUT2D eigenvalue weighted by atomic mass is 16.5. The molecule has 0 radical (unpaired) electrons. The first-order chi connectivity index (χ1) is 10.6. The van der Waals surface area contributed by atoms with Crippen LogP contribution in [-0.4, -0.2) is 16.2 Å². The number of aromatic nitrogens is 2. The van der Waals surface area contributed by atoms with Crippen LogP contribution in [-0.2, 0) is 11.3 Å². The molecular weight excluding hydrogens is 282 g/mol. The zero-order valence-electron chi connectivity index (χ0n) is 12.3. The number of hydrogen-bond acceptors (Lipinski definition) is 4. The van der Waals surface area contributed by atoms with Gasteiger partial charge in [-0.2, -0.15) is 5.26 Å². The molecule has 0 bridgehead atoms. The molecular formula is C16H17N3O3. The van der Waals surface area contributed by atoms with Crippen molar-refractivity contribution in [1.82, 2.24) is 9.55 Å². The summed E-state index contributed by atoms with van der Waals surface area (Å²) in [6.45, 7) is 2.82. The van der Waals surface area contributed by atoms with Gasteiger partial charge in [0.25, 0.3) is 5.56 Å². The van der Waals surface area contributed by atoms with E-state index in [-0.39, 0.29) is 11.7 Å². The first-order valence-corrected chi connectivity index (χ1v) is 7.02.